The van der Waals surface area contributed by atoms with E-state index in [1.54, 1.807) is 11.3 Å². The van der Waals surface area contributed by atoms with Crippen LogP contribution in [0, 0.1) is 6.92 Å². The second kappa shape index (κ2) is 3.77. The lowest BCUT2D eigenvalue weighted by molar-refractivity contribution is 0.640. The Balaban J connectivity index is 2.08. The van der Waals surface area contributed by atoms with Crippen LogP contribution in [0.5, 0.6) is 0 Å². The highest BCUT2D eigenvalue weighted by Gasteiger charge is 2.17. The molecule has 1 unspecified atom stereocenters. The van der Waals surface area contributed by atoms with Gasteiger partial charge in [0.15, 0.2) is 0 Å². The number of nitrogens with one attached hydrogen (secondary N) is 1. The fourth-order valence-electron chi connectivity index (χ4n) is 1.22. The number of aromatic nitrogens is 1. The minimum Gasteiger partial charge on any atom is -0.300 e. The molecule has 4 heteroatoms. The SMILES string of the molecule is Cc1csc(C2NCCCS2)n1. The maximum absolute atomic E-state index is 4.47. The van der Waals surface area contributed by atoms with E-state index in [4.69, 9.17) is 0 Å². The first-order chi connectivity index (χ1) is 5.86. The van der Waals surface area contributed by atoms with Gasteiger partial charge in [-0.1, -0.05) is 0 Å². The summed E-state index contributed by atoms with van der Waals surface area (Å²) in [6.07, 6.45) is 1.28. The van der Waals surface area contributed by atoms with Gasteiger partial charge in [0, 0.05) is 11.1 Å². The van der Waals surface area contributed by atoms with Gasteiger partial charge in [0.05, 0.1) is 0 Å². The van der Waals surface area contributed by atoms with Gasteiger partial charge in [-0.25, -0.2) is 4.98 Å². The second-order valence-corrected chi connectivity index (χ2v) is 4.99. The number of aryl methyl sites for hydroxylation is 1. The number of nitrogens with zero attached hydrogens (tertiary/aromatic N) is 1. The Labute approximate surface area is 80.8 Å². The molecule has 1 N–H and O–H groups in total. The van der Waals surface area contributed by atoms with Crippen molar-refractivity contribution in [2.75, 3.05) is 12.3 Å². The van der Waals surface area contributed by atoms with Gasteiger partial charge in [-0.2, -0.15) is 0 Å². The molecular weight excluding hydrogens is 188 g/mol. The molecule has 2 rings (SSSR count). The van der Waals surface area contributed by atoms with Crippen LogP contribution in [0.1, 0.15) is 22.5 Å². The molecule has 1 atom stereocenters. The summed E-state index contributed by atoms with van der Waals surface area (Å²) in [6, 6.07) is 0. The van der Waals surface area contributed by atoms with E-state index in [1.807, 2.05) is 18.7 Å². The molecule has 1 saturated heterocycles. The van der Waals surface area contributed by atoms with Crippen molar-refractivity contribution in [1.82, 2.24) is 10.3 Å². The maximum atomic E-state index is 4.47. The average molecular weight is 200 g/mol. The number of thioether (sulfide) groups is 1. The lowest BCUT2D eigenvalue weighted by atomic mass is 10.4. The quantitative estimate of drug-likeness (QED) is 0.752. The molecule has 12 heavy (non-hydrogen) atoms. The summed E-state index contributed by atoms with van der Waals surface area (Å²) in [4.78, 5) is 4.47. The summed E-state index contributed by atoms with van der Waals surface area (Å²) in [7, 11) is 0. The molecule has 2 heterocycles. The molecule has 0 radical (unpaired) electrons. The molecule has 1 aromatic heterocycles. The predicted octanol–water partition coefficient (Wildman–Crippen LogP) is 2.18. The largest absolute Gasteiger partial charge is 0.300 e. The van der Waals surface area contributed by atoms with Crippen LogP contribution in [0.4, 0.5) is 0 Å². The van der Waals surface area contributed by atoms with Gasteiger partial charge in [-0.15, -0.1) is 23.1 Å². The predicted molar refractivity (Wildman–Crippen MR) is 54.7 cm³/mol. The average Bonchev–Trinajstić information content (AvgIpc) is 2.54. The van der Waals surface area contributed by atoms with Crippen LogP contribution in [0.15, 0.2) is 5.38 Å². The summed E-state index contributed by atoms with van der Waals surface area (Å²) >= 11 is 3.73. The van der Waals surface area contributed by atoms with Crippen LogP contribution in [0.25, 0.3) is 0 Å². The summed E-state index contributed by atoms with van der Waals surface area (Å²) in [6.45, 7) is 3.18. The van der Waals surface area contributed by atoms with Crippen molar-refractivity contribution in [2.24, 2.45) is 0 Å². The molecule has 2 nitrogen and oxygen atoms in total. The van der Waals surface area contributed by atoms with Gasteiger partial charge in [-0.3, -0.25) is 5.32 Å². The fraction of sp³-hybridized carbons (Fsp3) is 0.625. The Bertz CT molecular complexity index is 253. The zero-order chi connectivity index (χ0) is 8.39. The third kappa shape index (κ3) is 1.81. The lowest BCUT2D eigenvalue weighted by Gasteiger charge is -2.20. The second-order valence-electron chi connectivity index (χ2n) is 2.89. The third-order valence-corrected chi connectivity index (χ3v) is 4.22. The summed E-state index contributed by atoms with van der Waals surface area (Å²) in [5.41, 5.74) is 1.14. The van der Waals surface area contributed by atoms with E-state index in [0.29, 0.717) is 5.37 Å². The van der Waals surface area contributed by atoms with Crippen LogP contribution in [0.3, 0.4) is 0 Å². The van der Waals surface area contributed by atoms with Gasteiger partial charge < -0.3 is 0 Å². The molecule has 1 aliphatic heterocycles. The van der Waals surface area contributed by atoms with Crippen LogP contribution >= 0.6 is 23.1 Å². The Morgan fingerprint density at radius 2 is 2.58 bits per heavy atom. The smallest absolute Gasteiger partial charge is 0.120 e. The van der Waals surface area contributed by atoms with Crippen molar-refractivity contribution in [3.8, 4) is 0 Å². The van der Waals surface area contributed by atoms with E-state index in [-0.39, 0.29) is 0 Å². The Hall–Kier alpha value is -0.0600. The van der Waals surface area contributed by atoms with E-state index in [0.717, 1.165) is 12.2 Å². The Morgan fingerprint density at radius 3 is 3.17 bits per heavy atom. The third-order valence-electron chi connectivity index (χ3n) is 1.80. The molecule has 1 fully saturated rings. The molecule has 0 saturated carbocycles. The molecule has 0 amide bonds. The molecule has 0 bridgehead atoms. The van der Waals surface area contributed by atoms with Crippen LogP contribution in [-0.2, 0) is 0 Å². The zero-order valence-corrected chi connectivity index (χ0v) is 8.67. The molecule has 1 aromatic rings. The first-order valence-corrected chi connectivity index (χ1v) is 6.06. The summed E-state index contributed by atoms with van der Waals surface area (Å²) in [5.74, 6) is 1.26. The lowest BCUT2D eigenvalue weighted by Crippen LogP contribution is -2.25. The van der Waals surface area contributed by atoms with Gasteiger partial charge in [0.1, 0.15) is 10.4 Å². The first-order valence-electron chi connectivity index (χ1n) is 4.13. The molecule has 0 aliphatic carbocycles. The highest BCUT2D eigenvalue weighted by atomic mass is 32.2. The number of hydrogen-bond acceptors (Lipinski definition) is 4. The van der Waals surface area contributed by atoms with E-state index < -0.39 is 0 Å². The highest BCUT2D eigenvalue weighted by molar-refractivity contribution is 7.99. The van der Waals surface area contributed by atoms with E-state index >= 15 is 0 Å². The highest BCUT2D eigenvalue weighted by Crippen LogP contribution is 2.31. The van der Waals surface area contributed by atoms with Crippen LogP contribution in [0.2, 0.25) is 0 Å². The van der Waals surface area contributed by atoms with Crippen LogP contribution < -0.4 is 5.32 Å². The maximum Gasteiger partial charge on any atom is 0.120 e. The minimum absolute atomic E-state index is 0.456. The monoisotopic (exact) mass is 200 g/mol. The van der Waals surface area contributed by atoms with E-state index in [1.165, 1.54) is 17.2 Å². The molecule has 0 aromatic carbocycles. The van der Waals surface area contributed by atoms with Gasteiger partial charge in [-0.05, 0) is 25.6 Å². The van der Waals surface area contributed by atoms with Crippen LogP contribution in [-0.4, -0.2) is 17.3 Å². The van der Waals surface area contributed by atoms with Gasteiger partial charge >= 0.3 is 0 Å². The van der Waals surface area contributed by atoms with Crippen molar-refractivity contribution >= 4 is 23.1 Å². The Morgan fingerprint density at radius 1 is 1.67 bits per heavy atom. The van der Waals surface area contributed by atoms with Crippen molar-refractivity contribution < 1.29 is 0 Å². The van der Waals surface area contributed by atoms with Crippen molar-refractivity contribution in [2.45, 2.75) is 18.7 Å². The number of rotatable bonds is 1. The van der Waals surface area contributed by atoms with Crippen molar-refractivity contribution in [3.63, 3.8) is 0 Å². The van der Waals surface area contributed by atoms with Crippen molar-refractivity contribution in [3.05, 3.63) is 16.1 Å². The Kier molecular flexibility index (Phi) is 2.68. The van der Waals surface area contributed by atoms with E-state index in [9.17, 15) is 0 Å². The number of hydrogen-bond donors (Lipinski definition) is 1. The normalized spacial score (nSPS) is 24.2. The first kappa shape index (κ1) is 8.53. The summed E-state index contributed by atoms with van der Waals surface area (Å²) < 4.78 is 0. The topological polar surface area (TPSA) is 24.9 Å². The van der Waals surface area contributed by atoms with Gasteiger partial charge in [0.25, 0.3) is 0 Å². The zero-order valence-electron chi connectivity index (χ0n) is 7.04. The number of thiazole rings is 1. The van der Waals surface area contributed by atoms with E-state index in [2.05, 4.69) is 15.7 Å². The van der Waals surface area contributed by atoms with Gasteiger partial charge in [0.2, 0.25) is 0 Å². The molecule has 66 valence electrons. The van der Waals surface area contributed by atoms with Crippen molar-refractivity contribution in [1.29, 1.82) is 0 Å². The molecule has 0 spiro atoms. The fourth-order valence-corrected chi connectivity index (χ4v) is 3.31. The molecule has 1 aliphatic rings. The summed E-state index contributed by atoms with van der Waals surface area (Å²) in [5, 5.41) is 7.27. The molecular formula is C8H12N2S2. The standard InChI is InChI=1S/C8H12N2S2/c1-6-5-12-8(10-6)7-9-3-2-4-11-7/h5,7,9H,2-4H2,1H3. The minimum atomic E-state index is 0.456.